The van der Waals surface area contributed by atoms with Gasteiger partial charge < -0.3 is 0 Å². The Kier molecular flexibility index (Phi) is 3.20. The molecule has 104 valence electrons. The number of hydrogen-bond donors (Lipinski definition) is 0. The topological polar surface area (TPSA) is 37.4 Å². The normalized spacial score (nSPS) is 26.2. The van der Waals surface area contributed by atoms with Crippen molar-refractivity contribution in [1.82, 2.24) is 4.90 Å². The van der Waals surface area contributed by atoms with Gasteiger partial charge >= 0.3 is 0 Å². The molecule has 20 heavy (non-hydrogen) atoms. The molecular formula is C17H19NO2. The highest BCUT2D eigenvalue weighted by Gasteiger charge is 2.48. The molecule has 0 saturated carbocycles. The first-order valence-corrected chi connectivity index (χ1v) is 7.12. The molecule has 1 aliphatic carbocycles. The van der Waals surface area contributed by atoms with E-state index in [-0.39, 0.29) is 23.7 Å². The molecule has 0 unspecified atom stereocenters. The Balaban J connectivity index is 1.83. The van der Waals surface area contributed by atoms with Gasteiger partial charge in [-0.15, -0.1) is 0 Å². The lowest BCUT2D eigenvalue weighted by molar-refractivity contribution is -0.140. The molecule has 1 heterocycles. The molecule has 3 nitrogen and oxygen atoms in total. The molecule has 0 N–H and O–H groups in total. The maximum Gasteiger partial charge on any atom is 0.233 e. The zero-order valence-electron chi connectivity index (χ0n) is 11.9. The van der Waals surface area contributed by atoms with Crippen LogP contribution in [0.2, 0.25) is 0 Å². The molecule has 0 spiro atoms. The Morgan fingerprint density at radius 2 is 1.45 bits per heavy atom. The number of nitrogens with zero attached hydrogens (tertiary/aromatic N) is 1. The lowest BCUT2D eigenvalue weighted by Crippen LogP contribution is -2.30. The fourth-order valence-corrected chi connectivity index (χ4v) is 3.24. The molecule has 0 radical (unpaired) electrons. The summed E-state index contributed by atoms with van der Waals surface area (Å²) in [4.78, 5) is 26.4. The van der Waals surface area contributed by atoms with Crippen molar-refractivity contribution < 1.29 is 9.59 Å². The quantitative estimate of drug-likeness (QED) is 0.611. The van der Waals surface area contributed by atoms with Crippen LogP contribution in [-0.2, 0) is 16.1 Å². The second-order valence-electron chi connectivity index (χ2n) is 5.93. The first kappa shape index (κ1) is 13.1. The maximum absolute atomic E-state index is 12.5. The molecule has 0 aromatic heterocycles. The Hall–Kier alpha value is -1.90. The minimum absolute atomic E-state index is 0.00991. The summed E-state index contributed by atoms with van der Waals surface area (Å²) in [7, 11) is 0. The number of benzene rings is 1. The number of carbonyl (C=O) groups is 2. The van der Waals surface area contributed by atoms with E-state index in [9.17, 15) is 9.59 Å². The molecule has 2 atom stereocenters. The summed E-state index contributed by atoms with van der Waals surface area (Å²) >= 11 is 0. The minimum Gasteiger partial charge on any atom is -0.278 e. The molecule has 1 aliphatic heterocycles. The highest BCUT2D eigenvalue weighted by atomic mass is 16.2. The summed E-state index contributed by atoms with van der Waals surface area (Å²) in [6.45, 7) is 4.55. The van der Waals surface area contributed by atoms with Crippen molar-refractivity contribution in [3.05, 3.63) is 47.0 Å². The number of fused-ring (bicyclic) bond motifs is 1. The monoisotopic (exact) mass is 269 g/mol. The average Bonchev–Trinajstić information content (AvgIpc) is 2.66. The van der Waals surface area contributed by atoms with E-state index in [1.807, 2.05) is 30.3 Å². The van der Waals surface area contributed by atoms with Gasteiger partial charge in [0.1, 0.15) is 0 Å². The summed E-state index contributed by atoms with van der Waals surface area (Å²) in [5.41, 5.74) is 3.55. The van der Waals surface area contributed by atoms with Gasteiger partial charge in [0, 0.05) is 0 Å². The van der Waals surface area contributed by atoms with Crippen LogP contribution in [0.1, 0.15) is 32.3 Å². The molecule has 1 fully saturated rings. The lowest BCUT2D eigenvalue weighted by Gasteiger charge is -2.23. The van der Waals surface area contributed by atoms with E-state index >= 15 is 0 Å². The van der Waals surface area contributed by atoms with E-state index in [2.05, 4.69) is 13.8 Å². The summed E-state index contributed by atoms with van der Waals surface area (Å²) in [5, 5.41) is 0. The standard InChI is InChI=1S/C17H19NO2/c1-11-8-14-15(9-12(11)2)17(20)18(16(14)19)10-13-6-4-3-5-7-13/h3-7,14-15H,8-10H2,1-2H3/t14-,15-/m1/s1. The fraction of sp³-hybridized carbons (Fsp3) is 0.412. The molecule has 1 aromatic carbocycles. The second kappa shape index (κ2) is 4.89. The summed E-state index contributed by atoms with van der Waals surface area (Å²) < 4.78 is 0. The summed E-state index contributed by atoms with van der Waals surface area (Å²) in [6, 6.07) is 9.72. The van der Waals surface area contributed by atoms with Crippen LogP contribution in [0.4, 0.5) is 0 Å². The van der Waals surface area contributed by atoms with Crippen molar-refractivity contribution in [2.45, 2.75) is 33.2 Å². The molecule has 3 rings (SSSR count). The van der Waals surface area contributed by atoms with Crippen LogP contribution >= 0.6 is 0 Å². The van der Waals surface area contributed by atoms with Gasteiger partial charge in [0.2, 0.25) is 11.8 Å². The Bertz CT molecular complexity index is 556. The van der Waals surface area contributed by atoms with Crippen molar-refractivity contribution in [3.63, 3.8) is 0 Å². The number of hydrogen-bond acceptors (Lipinski definition) is 2. The Labute approximate surface area is 119 Å². The van der Waals surface area contributed by atoms with Crippen LogP contribution in [0.15, 0.2) is 41.5 Å². The fourth-order valence-electron chi connectivity index (χ4n) is 3.24. The van der Waals surface area contributed by atoms with Crippen LogP contribution in [0.25, 0.3) is 0 Å². The third-order valence-electron chi connectivity index (χ3n) is 4.62. The minimum atomic E-state index is -0.130. The van der Waals surface area contributed by atoms with Crippen molar-refractivity contribution in [1.29, 1.82) is 0 Å². The Morgan fingerprint density at radius 1 is 0.950 bits per heavy atom. The average molecular weight is 269 g/mol. The number of allylic oxidation sites excluding steroid dienone is 2. The first-order chi connectivity index (χ1) is 9.58. The van der Waals surface area contributed by atoms with Gasteiger partial charge in [-0.2, -0.15) is 0 Å². The van der Waals surface area contributed by atoms with Gasteiger partial charge in [0.25, 0.3) is 0 Å². The van der Waals surface area contributed by atoms with E-state index in [1.165, 1.54) is 16.0 Å². The largest absolute Gasteiger partial charge is 0.278 e. The van der Waals surface area contributed by atoms with Crippen LogP contribution in [0, 0.1) is 11.8 Å². The van der Waals surface area contributed by atoms with E-state index in [0.29, 0.717) is 6.54 Å². The van der Waals surface area contributed by atoms with E-state index < -0.39 is 0 Å². The SMILES string of the molecule is CC1=C(C)C[C@H]2C(=O)N(Cc3ccccc3)C(=O)[C@@H]2C1. The van der Waals surface area contributed by atoms with Gasteiger partial charge in [-0.05, 0) is 32.3 Å². The molecule has 2 amide bonds. The van der Waals surface area contributed by atoms with Crippen molar-refractivity contribution in [3.8, 4) is 0 Å². The van der Waals surface area contributed by atoms with Crippen LogP contribution in [0.3, 0.4) is 0 Å². The highest BCUT2D eigenvalue weighted by molar-refractivity contribution is 6.05. The smallest absolute Gasteiger partial charge is 0.233 e. The number of carbonyl (C=O) groups excluding carboxylic acids is 2. The maximum atomic E-state index is 12.5. The zero-order chi connectivity index (χ0) is 14.3. The molecule has 1 aromatic rings. The van der Waals surface area contributed by atoms with Crippen molar-refractivity contribution in [2.75, 3.05) is 0 Å². The van der Waals surface area contributed by atoms with Crippen molar-refractivity contribution >= 4 is 11.8 Å². The third kappa shape index (κ3) is 2.07. The number of amides is 2. The predicted octanol–water partition coefficient (Wildman–Crippen LogP) is 2.92. The molecule has 0 bridgehead atoms. The summed E-state index contributed by atoms with van der Waals surface area (Å²) in [5.74, 6) is -0.240. The second-order valence-corrected chi connectivity index (χ2v) is 5.93. The highest BCUT2D eigenvalue weighted by Crippen LogP contribution is 2.41. The van der Waals surface area contributed by atoms with Gasteiger partial charge in [0.15, 0.2) is 0 Å². The number of imide groups is 1. The third-order valence-corrected chi connectivity index (χ3v) is 4.62. The van der Waals surface area contributed by atoms with E-state index in [4.69, 9.17) is 0 Å². The number of likely N-dealkylation sites (tertiary alicyclic amines) is 1. The lowest BCUT2D eigenvalue weighted by atomic mass is 9.78. The van der Waals surface area contributed by atoms with E-state index in [1.54, 1.807) is 0 Å². The van der Waals surface area contributed by atoms with E-state index in [0.717, 1.165) is 18.4 Å². The molecule has 1 saturated heterocycles. The van der Waals surface area contributed by atoms with Crippen LogP contribution in [-0.4, -0.2) is 16.7 Å². The predicted molar refractivity (Wildman–Crippen MR) is 76.6 cm³/mol. The van der Waals surface area contributed by atoms with Gasteiger partial charge in [-0.1, -0.05) is 41.5 Å². The molecular weight excluding hydrogens is 250 g/mol. The van der Waals surface area contributed by atoms with Gasteiger partial charge in [0.05, 0.1) is 18.4 Å². The zero-order valence-corrected chi connectivity index (χ0v) is 11.9. The Morgan fingerprint density at radius 3 is 1.95 bits per heavy atom. The molecule has 3 heteroatoms. The summed E-state index contributed by atoms with van der Waals surface area (Å²) in [6.07, 6.45) is 1.48. The van der Waals surface area contributed by atoms with Crippen molar-refractivity contribution in [2.24, 2.45) is 11.8 Å². The van der Waals surface area contributed by atoms with Gasteiger partial charge in [-0.3, -0.25) is 14.5 Å². The van der Waals surface area contributed by atoms with Crippen LogP contribution in [0.5, 0.6) is 0 Å². The first-order valence-electron chi connectivity index (χ1n) is 7.12. The molecule has 2 aliphatic rings. The van der Waals surface area contributed by atoms with Gasteiger partial charge in [-0.25, -0.2) is 0 Å². The van der Waals surface area contributed by atoms with Crippen LogP contribution < -0.4 is 0 Å². The number of rotatable bonds is 2.